The van der Waals surface area contributed by atoms with E-state index in [1.54, 1.807) is 6.20 Å². The Kier molecular flexibility index (Phi) is 4.92. The Hall–Kier alpha value is -1.81. The zero-order chi connectivity index (χ0) is 18.2. The molecule has 25 heavy (non-hydrogen) atoms. The first kappa shape index (κ1) is 18.0. The summed E-state index contributed by atoms with van der Waals surface area (Å²) in [6, 6.07) is 0.0195. The minimum atomic E-state index is -4.56. The Balaban J connectivity index is 1.98. The molecule has 0 aliphatic carbocycles. The van der Waals surface area contributed by atoms with Gasteiger partial charge in [-0.25, -0.2) is 4.98 Å². The Morgan fingerprint density at radius 2 is 2.28 bits per heavy atom. The number of nitrogens with two attached hydrogens (primary N) is 1. The second-order valence-corrected chi connectivity index (χ2v) is 6.92. The lowest BCUT2D eigenvalue weighted by molar-refractivity contribution is -0.150. The van der Waals surface area contributed by atoms with Crippen LogP contribution in [0.5, 0.6) is 0 Å². The van der Waals surface area contributed by atoms with Crippen molar-refractivity contribution in [3.05, 3.63) is 16.9 Å². The third-order valence-electron chi connectivity index (χ3n) is 4.04. The van der Waals surface area contributed by atoms with Crippen molar-refractivity contribution in [1.29, 1.82) is 0 Å². The van der Waals surface area contributed by atoms with Crippen LogP contribution < -0.4 is 16.0 Å². The number of nitrogens with one attached hydrogen (secondary N) is 2. The first-order chi connectivity index (χ1) is 11.7. The van der Waals surface area contributed by atoms with Crippen LogP contribution >= 0.6 is 15.9 Å². The summed E-state index contributed by atoms with van der Waals surface area (Å²) in [5.74, 6) is -1.12. The second-order valence-electron chi connectivity index (χ2n) is 6.07. The fourth-order valence-electron chi connectivity index (χ4n) is 3.05. The first-order valence-corrected chi connectivity index (χ1v) is 8.56. The van der Waals surface area contributed by atoms with Gasteiger partial charge in [0, 0.05) is 31.5 Å². The maximum absolute atomic E-state index is 12.4. The SMILES string of the molecule is NC1CCCN(c2c(Br)cnc3[nH]cc(NC(=O)CC(F)(F)F)c23)C1. The van der Waals surface area contributed by atoms with Crippen LogP contribution in [-0.4, -0.2) is 41.2 Å². The molecule has 10 heteroatoms. The molecule has 1 aliphatic heterocycles. The number of aromatic nitrogens is 2. The zero-order valence-corrected chi connectivity index (χ0v) is 14.7. The first-order valence-electron chi connectivity index (χ1n) is 7.77. The van der Waals surface area contributed by atoms with Crippen molar-refractivity contribution in [3.63, 3.8) is 0 Å². The van der Waals surface area contributed by atoms with Gasteiger partial charge in [0.1, 0.15) is 12.1 Å². The fourth-order valence-corrected chi connectivity index (χ4v) is 3.60. The number of nitrogens with zero attached hydrogens (tertiary/aromatic N) is 2. The van der Waals surface area contributed by atoms with Crippen molar-refractivity contribution in [3.8, 4) is 0 Å². The van der Waals surface area contributed by atoms with Gasteiger partial charge in [0.2, 0.25) is 5.91 Å². The average molecular weight is 420 g/mol. The van der Waals surface area contributed by atoms with E-state index in [0.29, 0.717) is 22.1 Å². The minimum Gasteiger partial charge on any atom is -0.368 e. The van der Waals surface area contributed by atoms with Gasteiger partial charge < -0.3 is 20.9 Å². The monoisotopic (exact) mass is 419 g/mol. The molecular weight excluding hydrogens is 403 g/mol. The summed E-state index contributed by atoms with van der Waals surface area (Å²) in [5, 5.41) is 2.90. The number of halogens is 4. The molecule has 0 aromatic carbocycles. The summed E-state index contributed by atoms with van der Waals surface area (Å²) < 4.78 is 37.9. The molecule has 1 amide bonds. The third kappa shape index (κ3) is 4.06. The molecule has 0 bridgehead atoms. The normalized spacial score (nSPS) is 18.6. The molecule has 0 saturated carbocycles. The van der Waals surface area contributed by atoms with Crippen molar-refractivity contribution in [2.24, 2.45) is 5.73 Å². The molecule has 6 nitrogen and oxygen atoms in total. The van der Waals surface area contributed by atoms with Crippen molar-refractivity contribution in [1.82, 2.24) is 9.97 Å². The standard InChI is InChI=1S/C15H17BrF3N5O/c16-9-5-21-14-12(13(9)24-3-1-2-8(20)7-24)10(6-22-14)23-11(25)4-15(17,18)19/h5-6,8H,1-4,7,20H2,(H,21,22)(H,23,25). The molecule has 2 aromatic heterocycles. The molecule has 2 aromatic rings. The van der Waals surface area contributed by atoms with Crippen LogP contribution in [0, 0.1) is 0 Å². The highest BCUT2D eigenvalue weighted by Gasteiger charge is 2.32. The van der Waals surface area contributed by atoms with Crippen molar-refractivity contribution in [2.45, 2.75) is 31.5 Å². The van der Waals surface area contributed by atoms with Crippen LogP contribution in [0.25, 0.3) is 11.0 Å². The lowest BCUT2D eigenvalue weighted by atomic mass is 10.1. The Morgan fingerprint density at radius 3 is 2.96 bits per heavy atom. The average Bonchev–Trinajstić information content (AvgIpc) is 2.88. The number of fused-ring (bicyclic) bond motifs is 1. The molecule has 1 atom stereocenters. The predicted octanol–water partition coefficient (Wildman–Crippen LogP) is 3.14. The van der Waals surface area contributed by atoms with Crippen LogP contribution in [0.2, 0.25) is 0 Å². The molecule has 0 radical (unpaired) electrons. The van der Waals surface area contributed by atoms with E-state index in [9.17, 15) is 18.0 Å². The minimum absolute atomic E-state index is 0.0195. The molecule has 0 spiro atoms. The van der Waals surface area contributed by atoms with E-state index >= 15 is 0 Å². The van der Waals surface area contributed by atoms with Crippen LogP contribution in [-0.2, 0) is 4.79 Å². The highest BCUT2D eigenvalue weighted by atomic mass is 79.9. The zero-order valence-electron chi connectivity index (χ0n) is 13.2. The molecule has 1 unspecified atom stereocenters. The summed E-state index contributed by atoms with van der Waals surface area (Å²) in [6.45, 7) is 1.39. The van der Waals surface area contributed by atoms with Crippen LogP contribution in [0.1, 0.15) is 19.3 Å². The van der Waals surface area contributed by atoms with E-state index in [-0.39, 0.29) is 11.7 Å². The Labute approximate surface area is 150 Å². The lowest BCUT2D eigenvalue weighted by Gasteiger charge is -2.33. The Bertz CT molecular complexity index is 791. The topological polar surface area (TPSA) is 87.0 Å². The van der Waals surface area contributed by atoms with E-state index in [0.717, 1.165) is 25.1 Å². The molecule has 136 valence electrons. The summed E-state index contributed by atoms with van der Waals surface area (Å²) in [5.41, 5.74) is 7.57. The molecule has 3 rings (SSSR count). The van der Waals surface area contributed by atoms with Gasteiger partial charge in [-0.05, 0) is 28.8 Å². The molecule has 3 heterocycles. The largest absolute Gasteiger partial charge is 0.397 e. The van der Waals surface area contributed by atoms with Gasteiger partial charge in [0.25, 0.3) is 0 Å². The number of alkyl halides is 3. The quantitative estimate of drug-likeness (QED) is 0.712. The highest BCUT2D eigenvalue weighted by Crippen LogP contribution is 2.39. The Morgan fingerprint density at radius 1 is 1.52 bits per heavy atom. The third-order valence-corrected chi connectivity index (χ3v) is 4.62. The van der Waals surface area contributed by atoms with E-state index in [2.05, 4.69) is 36.1 Å². The molecule has 1 fully saturated rings. The van der Waals surface area contributed by atoms with Crippen molar-refractivity contribution < 1.29 is 18.0 Å². The van der Waals surface area contributed by atoms with Crippen molar-refractivity contribution in [2.75, 3.05) is 23.3 Å². The number of rotatable bonds is 3. The molecule has 4 N–H and O–H groups in total. The van der Waals surface area contributed by atoms with Crippen molar-refractivity contribution >= 4 is 44.2 Å². The smallest absolute Gasteiger partial charge is 0.368 e. The maximum atomic E-state index is 12.4. The number of carbonyl (C=O) groups excluding carboxylic acids is 1. The van der Waals surface area contributed by atoms with Gasteiger partial charge in [-0.2, -0.15) is 13.2 Å². The number of piperidine rings is 1. The van der Waals surface area contributed by atoms with Gasteiger partial charge in [-0.15, -0.1) is 0 Å². The fraction of sp³-hybridized carbons (Fsp3) is 0.467. The van der Waals surface area contributed by atoms with Gasteiger partial charge in [-0.3, -0.25) is 4.79 Å². The van der Waals surface area contributed by atoms with Crippen LogP contribution in [0.3, 0.4) is 0 Å². The van der Waals surface area contributed by atoms with E-state index in [4.69, 9.17) is 5.73 Å². The summed E-state index contributed by atoms with van der Waals surface area (Å²) in [6.07, 6.45) is -1.19. The number of H-pyrrole nitrogens is 1. The number of pyridine rings is 1. The molecule has 1 aliphatic rings. The molecule has 1 saturated heterocycles. The van der Waals surface area contributed by atoms with E-state index in [1.807, 2.05) is 0 Å². The van der Waals surface area contributed by atoms with Gasteiger partial charge >= 0.3 is 6.18 Å². The maximum Gasteiger partial charge on any atom is 0.397 e. The van der Waals surface area contributed by atoms with Gasteiger partial charge in [0.05, 0.1) is 21.2 Å². The highest BCUT2D eigenvalue weighted by molar-refractivity contribution is 9.10. The predicted molar refractivity (Wildman–Crippen MR) is 92.5 cm³/mol. The number of amides is 1. The summed E-state index contributed by atoms with van der Waals surface area (Å²) >= 11 is 3.46. The van der Waals surface area contributed by atoms with E-state index in [1.165, 1.54) is 6.20 Å². The van der Waals surface area contributed by atoms with Crippen LogP contribution in [0.4, 0.5) is 24.5 Å². The molecular formula is C15H17BrF3N5O. The number of hydrogen-bond acceptors (Lipinski definition) is 4. The number of hydrogen-bond donors (Lipinski definition) is 3. The van der Waals surface area contributed by atoms with Gasteiger partial charge in [-0.1, -0.05) is 0 Å². The van der Waals surface area contributed by atoms with Crippen LogP contribution in [0.15, 0.2) is 16.9 Å². The summed E-state index contributed by atoms with van der Waals surface area (Å²) in [7, 11) is 0. The number of anilines is 2. The van der Waals surface area contributed by atoms with Gasteiger partial charge in [0.15, 0.2) is 0 Å². The lowest BCUT2D eigenvalue weighted by Crippen LogP contribution is -2.43. The second kappa shape index (κ2) is 6.83. The number of aromatic amines is 1. The number of carbonyl (C=O) groups is 1. The van der Waals surface area contributed by atoms with E-state index < -0.39 is 18.5 Å². The summed E-state index contributed by atoms with van der Waals surface area (Å²) in [4.78, 5) is 20.9.